The van der Waals surface area contributed by atoms with Crippen molar-refractivity contribution in [1.82, 2.24) is 5.32 Å². The molecule has 0 aromatic carbocycles. The third kappa shape index (κ3) is 3.93. The Morgan fingerprint density at radius 2 is 1.89 bits per heavy atom. The van der Waals surface area contributed by atoms with E-state index in [-0.39, 0.29) is 12.0 Å². The van der Waals surface area contributed by atoms with Gasteiger partial charge < -0.3 is 15.2 Å². The SMILES string of the molecule is COC(=O)C(NCC1(O)CCC(C)(C)CC1)C1CC1. The van der Waals surface area contributed by atoms with Crippen molar-refractivity contribution >= 4 is 5.97 Å². The third-order valence-corrected chi connectivity index (χ3v) is 4.73. The van der Waals surface area contributed by atoms with Crippen molar-refractivity contribution in [2.75, 3.05) is 13.7 Å². The molecule has 0 amide bonds. The van der Waals surface area contributed by atoms with Gasteiger partial charge in [0.05, 0.1) is 12.7 Å². The van der Waals surface area contributed by atoms with Crippen LogP contribution in [0.1, 0.15) is 52.4 Å². The second kappa shape index (κ2) is 5.41. The predicted octanol–water partition coefficient (Wildman–Crippen LogP) is 1.86. The summed E-state index contributed by atoms with van der Waals surface area (Å²) in [6, 6.07) is -0.232. The van der Waals surface area contributed by atoms with Crippen LogP contribution in [0, 0.1) is 11.3 Å². The topological polar surface area (TPSA) is 58.6 Å². The van der Waals surface area contributed by atoms with Gasteiger partial charge in [0.2, 0.25) is 0 Å². The van der Waals surface area contributed by atoms with E-state index < -0.39 is 5.60 Å². The zero-order valence-electron chi connectivity index (χ0n) is 12.4. The molecule has 0 aromatic heterocycles. The Labute approximate surface area is 115 Å². The van der Waals surface area contributed by atoms with E-state index in [0.29, 0.717) is 17.9 Å². The monoisotopic (exact) mass is 269 g/mol. The molecule has 0 heterocycles. The van der Waals surface area contributed by atoms with Crippen LogP contribution in [0.5, 0.6) is 0 Å². The summed E-state index contributed by atoms with van der Waals surface area (Å²) in [7, 11) is 1.43. The molecule has 4 nitrogen and oxygen atoms in total. The minimum atomic E-state index is -0.656. The summed E-state index contributed by atoms with van der Waals surface area (Å²) < 4.78 is 4.84. The highest BCUT2D eigenvalue weighted by Crippen LogP contribution is 2.40. The molecule has 110 valence electrons. The van der Waals surface area contributed by atoms with Gasteiger partial charge in [0.25, 0.3) is 0 Å². The molecule has 2 aliphatic rings. The van der Waals surface area contributed by atoms with Crippen molar-refractivity contribution in [1.29, 1.82) is 0 Å². The summed E-state index contributed by atoms with van der Waals surface area (Å²) in [5, 5.41) is 13.8. The zero-order chi connectivity index (χ0) is 14.1. The van der Waals surface area contributed by atoms with Crippen LogP contribution in [0.2, 0.25) is 0 Å². The second-order valence-electron chi connectivity index (χ2n) is 7.11. The van der Waals surface area contributed by atoms with Crippen LogP contribution in [0.4, 0.5) is 0 Å². The second-order valence-corrected chi connectivity index (χ2v) is 7.11. The lowest BCUT2D eigenvalue weighted by Gasteiger charge is -2.40. The van der Waals surface area contributed by atoms with E-state index in [4.69, 9.17) is 4.74 Å². The summed E-state index contributed by atoms with van der Waals surface area (Å²) in [4.78, 5) is 11.7. The molecule has 0 saturated heterocycles. The Balaban J connectivity index is 1.85. The number of carbonyl (C=O) groups excluding carboxylic acids is 1. The van der Waals surface area contributed by atoms with Crippen molar-refractivity contribution in [3.63, 3.8) is 0 Å². The van der Waals surface area contributed by atoms with Gasteiger partial charge in [-0.05, 0) is 49.9 Å². The number of esters is 1. The molecule has 2 aliphatic carbocycles. The van der Waals surface area contributed by atoms with Crippen LogP contribution < -0.4 is 5.32 Å². The predicted molar refractivity (Wildman–Crippen MR) is 73.7 cm³/mol. The Hall–Kier alpha value is -0.610. The quantitative estimate of drug-likeness (QED) is 0.748. The maximum absolute atomic E-state index is 11.7. The van der Waals surface area contributed by atoms with Crippen LogP contribution in [0.25, 0.3) is 0 Å². The first kappa shape index (κ1) is 14.8. The fraction of sp³-hybridized carbons (Fsp3) is 0.933. The van der Waals surface area contributed by atoms with Gasteiger partial charge >= 0.3 is 5.97 Å². The molecular formula is C15H27NO3. The fourth-order valence-corrected chi connectivity index (χ4v) is 2.87. The summed E-state index contributed by atoms with van der Waals surface area (Å²) in [5.74, 6) is 0.207. The molecule has 2 N–H and O–H groups in total. The average molecular weight is 269 g/mol. The highest BCUT2D eigenvalue weighted by molar-refractivity contribution is 5.76. The molecule has 1 unspecified atom stereocenters. The maximum Gasteiger partial charge on any atom is 0.323 e. The summed E-state index contributed by atoms with van der Waals surface area (Å²) in [5.41, 5.74) is -0.318. The highest BCUT2D eigenvalue weighted by atomic mass is 16.5. The highest BCUT2D eigenvalue weighted by Gasteiger charge is 2.41. The number of rotatable bonds is 5. The van der Waals surface area contributed by atoms with Gasteiger partial charge in [-0.15, -0.1) is 0 Å². The fourth-order valence-electron chi connectivity index (χ4n) is 2.87. The first-order valence-corrected chi connectivity index (χ1v) is 7.39. The van der Waals surface area contributed by atoms with E-state index in [1.165, 1.54) is 7.11 Å². The van der Waals surface area contributed by atoms with E-state index in [0.717, 1.165) is 38.5 Å². The molecule has 0 aromatic rings. The van der Waals surface area contributed by atoms with E-state index >= 15 is 0 Å². The largest absolute Gasteiger partial charge is 0.468 e. The van der Waals surface area contributed by atoms with Crippen LogP contribution in [0.15, 0.2) is 0 Å². The number of nitrogens with one attached hydrogen (secondary N) is 1. The molecule has 4 heteroatoms. The minimum absolute atomic E-state index is 0.192. The summed E-state index contributed by atoms with van der Waals surface area (Å²) in [6.45, 7) is 5.00. The Morgan fingerprint density at radius 3 is 2.37 bits per heavy atom. The number of aliphatic hydroxyl groups is 1. The first-order valence-electron chi connectivity index (χ1n) is 7.39. The van der Waals surface area contributed by atoms with Crippen LogP contribution in [0.3, 0.4) is 0 Å². The molecule has 0 radical (unpaired) electrons. The van der Waals surface area contributed by atoms with Gasteiger partial charge in [0.15, 0.2) is 0 Å². The van der Waals surface area contributed by atoms with Crippen molar-refractivity contribution in [2.24, 2.45) is 11.3 Å². The molecule has 2 saturated carbocycles. The molecule has 19 heavy (non-hydrogen) atoms. The number of ether oxygens (including phenoxy) is 1. The van der Waals surface area contributed by atoms with Crippen LogP contribution in [-0.4, -0.2) is 36.4 Å². The van der Waals surface area contributed by atoms with E-state index in [1.807, 2.05) is 0 Å². The molecule has 2 fully saturated rings. The lowest BCUT2D eigenvalue weighted by Crippen LogP contribution is -2.50. The van der Waals surface area contributed by atoms with E-state index in [2.05, 4.69) is 19.2 Å². The van der Waals surface area contributed by atoms with Gasteiger partial charge in [-0.2, -0.15) is 0 Å². The Kier molecular flexibility index (Phi) is 4.21. The molecule has 2 rings (SSSR count). The van der Waals surface area contributed by atoms with Gasteiger partial charge in [-0.1, -0.05) is 13.8 Å². The number of carbonyl (C=O) groups is 1. The molecule has 1 atom stereocenters. The molecular weight excluding hydrogens is 242 g/mol. The van der Waals surface area contributed by atoms with Crippen LogP contribution in [-0.2, 0) is 9.53 Å². The van der Waals surface area contributed by atoms with E-state index in [1.54, 1.807) is 0 Å². The summed E-state index contributed by atoms with van der Waals surface area (Å²) >= 11 is 0. The Bertz CT molecular complexity index is 326. The zero-order valence-corrected chi connectivity index (χ0v) is 12.4. The first-order chi connectivity index (χ1) is 8.85. The van der Waals surface area contributed by atoms with Crippen LogP contribution >= 0.6 is 0 Å². The summed E-state index contributed by atoms with van der Waals surface area (Å²) in [6.07, 6.45) is 5.86. The van der Waals surface area contributed by atoms with Crippen molar-refractivity contribution in [2.45, 2.75) is 64.0 Å². The minimum Gasteiger partial charge on any atom is -0.468 e. The van der Waals surface area contributed by atoms with Crippen molar-refractivity contribution < 1.29 is 14.6 Å². The molecule has 0 spiro atoms. The lowest BCUT2D eigenvalue weighted by atomic mass is 9.71. The Morgan fingerprint density at radius 1 is 1.32 bits per heavy atom. The number of methoxy groups -OCH3 is 1. The standard InChI is InChI=1S/C15H27NO3/c1-14(2)6-8-15(18,9-7-14)10-16-12(11-4-5-11)13(17)19-3/h11-12,16,18H,4-10H2,1-3H3. The number of hydrogen-bond donors (Lipinski definition) is 2. The van der Waals surface area contributed by atoms with Crippen molar-refractivity contribution in [3.05, 3.63) is 0 Å². The smallest absolute Gasteiger partial charge is 0.323 e. The van der Waals surface area contributed by atoms with E-state index in [9.17, 15) is 9.90 Å². The van der Waals surface area contributed by atoms with Gasteiger partial charge in [-0.25, -0.2) is 0 Å². The normalized spacial score (nSPS) is 26.7. The third-order valence-electron chi connectivity index (χ3n) is 4.73. The van der Waals surface area contributed by atoms with Gasteiger partial charge in [0.1, 0.15) is 6.04 Å². The number of hydrogen-bond acceptors (Lipinski definition) is 4. The maximum atomic E-state index is 11.7. The van der Waals surface area contributed by atoms with Gasteiger partial charge in [0, 0.05) is 6.54 Å². The average Bonchev–Trinajstić information content (AvgIpc) is 3.18. The molecule has 0 aliphatic heterocycles. The van der Waals surface area contributed by atoms with Gasteiger partial charge in [-0.3, -0.25) is 4.79 Å². The molecule has 0 bridgehead atoms. The lowest BCUT2D eigenvalue weighted by molar-refractivity contribution is -0.144. The van der Waals surface area contributed by atoms with Crippen molar-refractivity contribution in [3.8, 4) is 0 Å².